The lowest BCUT2D eigenvalue weighted by Crippen LogP contribution is -2.34. The molecule has 2 rings (SSSR count). The van der Waals surface area contributed by atoms with E-state index >= 15 is 0 Å². The second kappa shape index (κ2) is 4.68. The number of thiophene rings is 1. The summed E-state index contributed by atoms with van der Waals surface area (Å²) in [5.41, 5.74) is 5.58. The Kier molecular flexibility index (Phi) is 3.58. The third kappa shape index (κ3) is 2.27. The van der Waals surface area contributed by atoms with Gasteiger partial charge in [0.15, 0.2) is 0 Å². The summed E-state index contributed by atoms with van der Waals surface area (Å²) in [4.78, 5) is 1.14. The van der Waals surface area contributed by atoms with Crippen molar-refractivity contribution in [3.05, 3.63) is 16.3 Å². The summed E-state index contributed by atoms with van der Waals surface area (Å²) in [6, 6.07) is 1.75. The van der Waals surface area contributed by atoms with Gasteiger partial charge in [-0.2, -0.15) is 4.31 Å². The predicted molar refractivity (Wildman–Crippen MR) is 69.3 cm³/mol. The van der Waals surface area contributed by atoms with Gasteiger partial charge in [0.2, 0.25) is 10.0 Å². The molecule has 0 bridgehead atoms. The molecular formula is C11H18N2O2S2. The van der Waals surface area contributed by atoms with Crippen LogP contribution < -0.4 is 5.73 Å². The van der Waals surface area contributed by atoms with Crippen LogP contribution in [0.3, 0.4) is 0 Å². The Morgan fingerprint density at radius 2 is 2.24 bits per heavy atom. The monoisotopic (exact) mass is 274 g/mol. The standard InChI is InChI=1S/C11H18N2O2S2/c1-8-5-9(2)13(7-8)17(14,15)11-3-4-16-10(11)6-12/h3-4,8-9H,5-7,12H2,1-2H3. The summed E-state index contributed by atoms with van der Waals surface area (Å²) in [5, 5.41) is 1.79. The Morgan fingerprint density at radius 3 is 2.76 bits per heavy atom. The van der Waals surface area contributed by atoms with Crippen molar-refractivity contribution < 1.29 is 8.42 Å². The average molecular weight is 274 g/mol. The highest BCUT2D eigenvalue weighted by Crippen LogP contribution is 2.32. The summed E-state index contributed by atoms with van der Waals surface area (Å²) in [6.45, 7) is 4.95. The second-order valence-corrected chi connectivity index (χ2v) is 7.54. The van der Waals surface area contributed by atoms with Crippen LogP contribution in [0.4, 0.5) is 0 Å². The van der Waals surface area contributed by atoms with Gasteiger partial charge in [-0.15, -0.1) is 11.3 Å². The van der Waals surface area contributed by atoms with Crippen molar-refractivity contribution >= 4 is 21.4 Å². The van der Waals surface area contributed by atoms with E-state index in [0.717, 1.165) is 11.3 Å². The van der Waals surface area contributed by atoms with Gasteiger partial charge in [-0.3, -0.25) is 0 Å². The van der Waals surface area contributed by atoms with Crippen LogP contribution in [0.1, 0.15) is 25.1 Å². The molecule has 0 radical (unpaired) electrons. The molecule has 0 aliphatic carbocycles. The van der Waals surface area contributed by atoms with E-state index in [1.54, 1.807) is 15.8 Å². The van der Waals surface area contributed by atoms with Gasteiger partial charge in [-0.25, -0.2) is 8.42 Å². The molecule has 2 N–H and O–H groups in total. The SMILES string of the molecule is CC1CC(C)N(S(=O)(=O)c2ccsc2CN)C1. The maximum Gasteiger partial charge on any atom is 0.244 e. The van der Waals surface area contributed by atoms with Gasteiger partial charge in [0.1, 0.15) is 0 Å². The smallest absolute Gasteiger partial charge is 0.244 e. The van der Waals surface area contributed by atoms with E-state index in [9.17, 15) is 8.42 Å². The van der Waals surface area contributed by atoms with Crippen LogP contribution in [0.25, 0.3) is 0 Å². The van der Waals surface area contributed by atoms with E-state index in [0.29, 0.717) is 17.4 Å². The van der Waals surface area contributed by atoms with Gasteiger partial charge in [0.25, 0.3) is 0 Å². The van der Waals surface area contributed by atoms with Gasteiger partial charge in [-0.1, -0.05) is 6.92 Å². The minimum atomic E-state index is -3.36. The molecule has 6 heteroatoms. The van der Waals surface area contributed by atoms with Crippen molar-refractivity contribution in [1.82, 2.24) is 4.31 Å². The van der Waals surface area contributed by atoms with Crippen molar-refractivity contribution in [2.75, 3.05) is 6.54 Å². The lowest BCUT2D eigenvalue weighted by Gasteiger charge is -2.21. The minimum absolute atomic E-state index is 0.0838. The van der Waals surface area contributed by atoms with E-state index in [1.807, 2.05) is 6.92 Å². The van der Waals surface area contributed by atoms with Gasteiger partial charge in [0.05, 0.1) is 4.90 Å². The molecule has 1 aromatic heterocycles. The second-order valence-electron chi connectivity index (χ2n) is 4.68. The molecular weight excluding hydrogens is 256 g/mol. The molecule has 1 fully saturated rings. The van der Waals surface area contributed by atoms with Crippen molar-refractivity contribution in [2.24, 2.45) is 11.7 Å². The molecule has 0 saturated carbocycles. The maximum absolute atomic E-state index is 12.5. The van der Waals surface area contributed by atoms with E-state index in [1.165, 1.54) is 11.3 Å². The Hall–Kier alpha value is -0.430. The summed E-state index contributed by atoms with van der Waals surface area (Å²) in [7, 11) is -3.36. The first-order valence-corrected chi connectivity index (χ1v) is 8.07. The van der Waals surface area contributed by atoms with E-state index < -0.39 is 10.0 Å². The molecule has 2 heterocycles. The van der Waals surface area contributed by atoms with Crippen molar-refractivity contribution in [1.29, 1.82) is 0 Å². The third-order valence-corrected chi connectivity index (χ3v) is 6.34. The number of hydrogen-bond acceptors (Lipinski definition) is 4. The number of nitrogens with two attached hydrogens (primary N) is 1. The molecule has 1 aliphatic rings. The first kappa shape index (κ1) is 13.0. The van der Waals surface area contributed by atoms with Gasteiger partial charge < -0.3 is 5.73 Å². The van der Waals surface area contributed by atoms with Crippen LogP contribution >= 0.6 is 11.3 Å². The summed E-state index contributed by atoms with van der Waals surface area (Å²) in [6.07, 6.45) is 0.932. The number of hydrogen-bond donors (Lipinski definition) is 1. The zero-order chi connectivity index (χ0) is 12.6. The maximum atomic E-state index is 12.5. The van der Waals surface area contributed by atoms with Crippen LogP contribution in [0, 0.1) is 5.92 Å². The number of sulfonamides is 1. The van der Waals surface area contributed by atoms with E-state index in [-0.39, 0.29) is 12.6 Å². The molecule has 2 unspecified atom stereocenters. The Morgan fingerprint density at radius 1 is 1.53 bits per heavy atom. The van der Waals surface area contributed by atoms with Crippen LogP contribution in [0.5, 0.6) is 0 Å². The summed E-state index contributed by atoms with van der Waals surface area (Å²) in [5.74, 6) is 0.430. The number of rotatable bonds is 3. The molecule has 2 atom stereocenters. The van der Waals surface area contributed by atoms with Crippen molar-refractivity contribution in [3.8, 4) is 0 Å². The first-order valence-electron chi connectivity index (χ1n) is 5.75. The topological polar surface area (TPSA) is 63.4 Å². The fourth-order valence-corrected chi connectivity index (χ4v) is 5.50. The van der Waals surface area contributed by atoms with Gasteiger partial charge in [-0.05, 0) is 30.7 Å². The molecule has 96 valence electrons. The molecule has 1 saturated heterocycles. The molecule has 0 aromatic carbocycles. The summed E-state index contributed by atoms with van der Waals surface area (Å²) >= 11 is 1.41. The fourth-order valence-electron chi connectivity index (χ4n) is 2.43. The highest BCUT2D eigenvalue weighted by atomic mass is 32.2. The third-order valence-electron chi connectivity index (χ3n) is 3.20. The normalized spacial score (nSPS) is 26.5. The van der Waals surface area contributed by atoms with E-state index in [4.69, 9.17) is 5.73 Å². The highest BCUT2D eigenvalue weighted by Gasteiger charge is 2.37. The Labute approximate surface area is 106 Å². The molecule has 17 heavy (non-hydrogen) atoms. The van der Waals surface area contributed by atoms with Crippen LogP contribution in [0.15, 0.2) is 16.3 Å². The van der Waals surface area contributed by atoms with Gasteiger partial charge >= 0.3 is 0 Å². The molecule has 0 spiro atoms. The molecule has 0 amide bonds. The lowest BCUT2D eigenvalue weighted by atomic mass is 10.1. The minimum Gasteiger partial charge on any atom is -0.326 e. The van der Waals surface area contributed by atoms with Crippen LogP contribution in [-0.4, -0.2) is 25.3 Å². The fraction of sp³-hybridized carbons (Fsp3) is 0.636. The molecule has 1 aliphatic heterocycles. The van der Waals surface area contributed by atoms with E-state index in [2.05, 4.69) is 6.92 Å². The predicted octanol–water partition coefficient (Wildman–Crippen LogP) is 1.63. The number of nitrogens with zero attached hydrogens (tertiary/aromatic N) is 1. The van der Waals surface area contributed by atoms with Crippen LogP contribution in [0.2, 0.25) is 0 Å². The van der Waals surface area contributed by atoms with Crippen molar-refractivity contribution in [2.45, 2.75) is 37.8 Å². The Balaban J connectivity index is 2.37. The quantitative estimate of drug-likeness (QED) is 0.911. The molecule has 1 aromatic rings. The Bertz CT molecular complexity index is 495. The lowest BCUT2D eigenvalue weighted by molar-refractivity contribution is 0.405. The first-order chi connectivity index (χ1) is 7.96. The van der Waals surface area contributed by atoms with Crippen molar-refractivity contribution in [3.63, 3.8) is 0 Å². The highest BCUT2D eigenvalue weighted by molar-refractivity contribution is 7.89. The largest absolute Gasteiger partial charge is 0.326 e. The molecule has 4 nitrogen and oxygen atoms in total. The zero-order valence-corrected chi connectivity index (χ0v) is 11.7. The van der Waals surface area contributed by atoms with Gasteiger partial charge in [0, 0.05) is 24.0 Å². The average Bonchev–Trinajstić information content (AvgIpc) is 2.84. The zero-order valence-electron chi connectivity index (χ0n) is 10.1. The summed E-state index contributed by atoms with van der Waals surface area (Å²) < 4.78 is 26.6. The van der Waals surface area contributed by atoms with Crippen LogP contribution in [-0.2, 0) is 16.6 Å².